The Labute approximate surface area is 121 Å². The number of carbonyl (C=O) groups is 1. The first-order valence-corrected chi connectivity index (χ1v) is 8.95. The summed E-state index contributed by atoms with van der Waals surface area (Å²) >= 11 is 0. The molecule has 1 amide bonds. The van der Waals surface area contributed by atoms with Crippen LogP contribution in [0.25, 0.3) is 0 Å². The number of carbonyl (C=O) groups excluding carboxylic acids is 1. The van der Waals surface area contributed by atoms with E-state index in [-0.39, 0.29) is 23.1 Å². The molecule has 0 unspecified atom stereocenters. The lowest BCUT2D eigenvalue weighted by Gasteiger charge is -2.31. The molecular weight excluding hydrogens is 280 g/mol. The van der Waals surface area contributed by atoms with Crippen LogP contribution < -0.4 is 5.32 Å². The minimum Gasteiger partial charge on any atom is -0.450 e. The van der Waals surface area contributed by atoms with Gasteiger partial charge in [-0.3, -0.25) is 0 Å². The average Bonchev–Trinajstić information content (AvgIpc) is 2.39. The van der Waals surface area contributed by atoms with E-state index in [0.717, 1.165) is 12.8 Å². The van der Waals surface area contributed by atoms with Crippen LogP contribution in [0.5, 0.6) is 0 Å². The molecule has 0 radical (unpaired) electrons. The van der Waals surface area contributed by atoms with E-state index in [1.54, 1.807) is 25.7 Å². The van der Waals surface area contributed by atoms with E-state index in [9.17, 15) is 13.2 Å². The lowest BCUT2D eigenvalue weighted by Crippen LogP contribution is -2.46. The summed E-state index contributed by atoms with van der Waals surface area (Å²) in [5.74, 6) is 0.169. The van der Waals surface area contributed by atoms with Gasteiger partial charge in [-0.2, -0.15) is 0 Å². The molecule has 0 spiro atoms. The van der Waals surface area contributed by atoms with Gasteiger partial charge in [-0.05, 0) is 33.6 Å². The summed E-state index contributed by atoms with van der Waals surface area (Å²) in [7, 11) is -2.98. The molecule has 7 heteroatoms. The third-order valence-corrected chi connectivity index (χ3v) is 5.77. The van der Waals surface area contributed by atoms with Gasteiger partial charge in [0.25, 0.3) is 0 Å². The first-order valence-electron chi connectivity index (χ1n) is 7.23. The normalized spacial score (nSPS) is 17.5. The highest BCUT2D eigenvalue weighted by Crippen LogP contribution is 2.11. The van der Waals surface area contributed by atoms with Gasteiger partial charge < -0.3 is 15.0 Å². The van der Waals surface area contributed by atoms with Crippen LogP contribution in [0, 0.1) is 0 Å². The van der Waals surface area contributed by atoms with Crippen LogP contribution in [-0.2, 0) is 14.6 Å². The fraction of sp³-hybridized carbons (Fsp3) is 0.923. The second-order valence-corrected chi connectivity index (χ2v) is 8.01. The number of rotatable bonds is 6. The van der Waals surface area contributed by atoms with E-state index in [4.69, 9.17) is 4.74 Å². The Hall–Kier alpha value is -0.820. The van der Waals surface area contributed by atoms with E-state index < -0.39 is 9.84 Å². The Bertz CT molecular complexity index is 401. The number of nitrogens with zero attached hydrogens (tertiary/aromatic N) is 1. The number of ether oxygens (including phenoxy) is 1. The van der Waals surface area contributed by atoms with Crippen LogP contribution in [-0.4, -0.2) is 62.7 Å². The summed E-state index contributed by atoms with van der Waals surface area (Å²) in [5.41, 5.74) is 0. The van der Waals surface area contributed by atoms with Crippen LogP contribution in [0.3, 0.4) is 0 Å². The SMILES string of the molecule is CCOC(=O)N1CCC(NCCS(=O)(=O)C(C)C)CC1. The van der Waals surface area contributed by atoms with Crippen molar-refractivity contribution in [3.8, 4) is 0 Å². The summed E-state index contributed by atoms with van der Waals surface area (Å²) in [6.45, 7) is 7.39. The molecule has 20 heavy (non-hydrogen) atoms. The molecule has 6 nitrogen and oxygen atoms in total. The Morgan fingerprint density at radius 2 is 1.95 bits per heavy atom. The number of nitrogens with one attached hydrogen (secondary N) is 1. The summed E-state index contributed by atoms with van der Waals surface area (Å²) in [6.07, 6.45) is 1.41. The molecule has 0 saturated carbocycles. The fourth-order valence-corrected chi connectivity index (χ4v) is 3.00. The van der Waals surface area contributed by atoms with Crippen molar-refractivity contribution in [2.45, 2.75) is 44.9 Å². The van der Waals surface area contributed by atoms with Gasteiger partial charge in [0, 0.05) is 25.7 Å². The minimum atomic E-state index is -2.98. The molecule has 0 aliphatic carbocycles. The average molecular weight is 306 g/mol. The zero-order valence-electron chi connectivity index (χ0n) is 12.6. The molecule has 1 aliphatic rings. The number of amides is 1. The molecule has 0 atom stereocenters. The van der Waals surface area contributed by atoms with E-state index in [1.165, 1.54) is 0 Å². The molecule has 1 saturated heterocycles. The van der Waals surface area contributed by atoms with Crippen LogP contribution >= 0.6 is 0 Å². The van der Waals surface area contributed by atoms with E-state index >= 15 is 0 Å². The van der Waals surface area contributed by atoms with Gasteiger partial charge in [0.2, 0.25) is 0 Å². The highest BCUT2D eigenvalue weighted by molar-refractivity contribution is 7.92. The van der Waals surface area contributed by atoms with Crippen molar-refractivity contribution < 1.29 is 17.9 Å². The fourth-order valence-electron chi connectivity index (χ4n) is 2.12. The number of hydrogen-bond donors (Lipinski definition) is 1. The lowest BCUT2D eigenvalue weighted by molar-refractivity contribution is 0.0953. The molecule has 0 aromatic carbocycles. The summed E-state index contributed by atoms with van der Waals surface area (Å²) in [4.78, 5) is 13.2. The molecule has 118 valence electrons. The first-order chi connectivity index (χ1) is 9.36. The molecule has 1 N–H and O–H groups in total. The van der Waals surface area contributed by atoms with Gasteiger partial charge >= 0.3 is 6.09 Å². The molecule has 0 aromatic rings. The van der Waals surface area contributed by atoms with Crippen molar-refractivity contribution in [3.05, 3.63) is 0 Å². The molecule has 0 aromatic heterocycles. The van der Waals surface area contributed by atoms with Gasteiger partial charge in [0.05, 0.1) is 17.6 Å². The van der Waals surface area contributed by atoms with Crippen LogP contribution in [0.1, 0.15) is 33.6 Å². The van der Waals surface area contributed by atoms with Crippen LogP contribution in [0.15, 0.2) is 0 Å². The molecular formula is C13H26N2O4S. The van der Waals surface area contributed by atoms with Gasteiger partial charge in [-0.1, -0.05) is 0 Å². The molecule has 1 aliphatic heterocycles. The maximum absolute atomic E-state index is 11.7. The molecule has 0 bridgehead atoms. The topological polar surface area (TPSA) is 75.7 Å². The zero-order chi connectivity index (χ0) is 15.2. The Kier molecular flexibility index (Phi) is 6.75. The number of hydrogen-bond acceptors (Lipinski definition) is 5. The summed E-state index contributed by atoms with van der Waals surface area (Å²) in [6, 6.07) is 0.281. The molecule has 1 rings (SSSR count). The maximum Gasteiger partial charge on any atom is 0.409 e. The van der Waals surface area contributed by atoms with Crippen molar-refractivity contribution >= 4 is 15.9 Å². The zero-order valence-corrected chi connectivity index (χ0v) is 13.4. The number of likely N-dealkylation sites (tertiary alicyclic amines) is 1. The largest absolute Gasteiger partial charge is 0.450 e. The highest BCUT2D eigenvalue weighted by atomic mass is 32.2. The van der Waals surface area contributed by atoms with Crippen LogP contribution in [0.4, 0.5) is 4.79 Å². The predicted molar refractivity (Wildman–Crippen MR) is 78.5 cm³/mol. The third kappa shape index (κ3) is 5.28. The van der Waals surface area contributed by atoms with Crippen molar-refractivity contribution in [2.75, 3.05) is 32.0 Å². The monoisotopic (exact) mass is 306 g/mol. The summed E-state index contributed by atoms with van der Waals surface area (Å²) in [5, 5.41) is 2.94. The Balaban J connectivity index is 2.25. The Morgan fingerprint density at radius 3 is 2.45 bits per heavy atom. The van der Waals surface area contributed by atoms with E-state index in [0.29, 0.717) is 26.2 Å². The number of piperidine rings is 1. The lowest BCUT2D eigenvalue weighted by atomic mass is 10.1. The molecule has 1 fully saturated rings. The third-order valence-electron chi connectivity index (χ3n) is 3.56. The van der Waals surface area contributed by atoms with E-state index in [2.05, 4.69) is 5.32 Å². The second-order valence-electron chi connectivity index (χ2n) is 5.33. The predicted octanol–water partition coefficient (Wildman–Crippen LogP) is 1.02. The first kappa shape index (κ1) is 17.2. The van der Waals surface area contributed by atoms with Crippen LogP contribution in [0.2, 0.25) is 0 Å². The smallest absolute Gasteiger partial charge is 0.409 e. The van der Waals surface area contributed by atoms with E-state index in [1.807, 2.05) is 0 Å². The standard InChI is InChI=1S/C13H26N2O4S/c1-4-19-13(16)15-8-5-12(6-9-15)14-7-10-20(17,18)11(2)3/h11-12,14H,4-10H2,1-3H3. The molecule has 1 heterocycles. The Morgan fingerprint density at radius 1 is 1.35 bits per heavy atom. The van der Waals surface area contributed by atoms with Crippen molar-refractivity contribution in [3.63, 3.8) is 0 Å². The second kappa shape index (κ2) is 7.83. The number of sulfone groups is 1. The summed E-state index contributed by atoms with van der Waals surface area (Å²) < 4.78 is 28.3. The van der Waals surface area contributed by atoms with Gasteiger partial charge in [0.1, 0.15) is 0 Å². The highest BCUT2D eigenvalue weighted by Gasteiger charge is 2.23. The van der Waals surface area contributed by atoms with Crippen molar-refractivity contribution in [1.82, 2.24) is 10.2 Å². The van der Waals surface area contributed by atoms with Crippen molar-refractivity contribution in [1.29, 1.82) is 0 Å². The van der Waals surface area contributed by atoms with Gasteiger partial charge in [-0.25, -0.2) is 13.2 Å². The minimum absolute atomic E-state index is 0.169. The quantitative estimate of drug-likeness (QED) is 0.793. The van der Waals surface area contributed by atoms with Gasteiger partial charge in [0.15, 0.2) is 9.84 Å². The maximum atomic E-state index is 11.7. The van der Waals surface area contributed by atoms with Crippen molar-refractivity contribution in [2.24, 2.45) is 0 Å². The van der Waals surface area contributed by atoms with Gasteiger partial charge in [-0.15, -0.1) is 0 Å².